The van der Waals surface area contributed by atoms with Crippen molar-refractivity contribution in [3.8, 4) is 5.75 Å². The van der Waals surface area contributed by atoms with Crippen molar-refractivity contribution < 1.29 is 4.74 Å². The number of hydrogen-bond acceptors (Lipinski definition) is 6. The minimum atomic E-state index is 0.346. The van der Waals surface area contributed by atoms with Crippen LogP contribution in [0.5, 0.6) is 5.75 Å². The smallest absolute Gasteiger partial charge is 0.222 e. The Morgan fingerprint density at radius 1 is 1.09 bits per heavy atom. The van der Waals surface area contributed by atoms with Crippen molar-refractivity contribution in [1.82, 2.24) is 14.9 Å². The molecular formula is C17H23N5O. The summed E-state index contributed by atoms with van der Waals surface area (Å²) in [5, 5.41) is 0. The second-order valence-corrected chi connectivity index (χ2v) is 5.72. The molecule has 0 aliphatic carbocycles. The largest absolute Gasteiger partial charge is 0.492 e. The molecule has 1 aliphatic rings. The van der Waals surface area contributed by atoms with Crippen molar-refractivity contribution in [2.24, 2.45) is 0 Å². The molecule has 1 fully saturated rings. The standard InChI is InChI=1S/C17H23N5O/c1-14-13-16(20-17(18)19-14)22-9-7-21(8-10-22)11-12-23-15-5-3-2-4-6-15/h2-6,13H,7-12H2,1H3,(H2,18,19,20). The number of ether oxygens (including phenoxy) is 1. The molecule has 122 valence electrons. The summed E-state index contributed by atoms with van der Waals surface area (Å²) in [5.41, 5.74) is 6.65. The highest BCUT2D eigenvalue weighted by Crippen LogP contribution is 2.16. The number of benzene rings is 1. The van der Waals surface area contributed by atoms with Gasteiger partial charge in [0.25, 0.3) is 0 Å². The summed E-state index contributed by atoms with van der Waals surface area (Å²) in [4.78, 5) is 13.1. The van der Waals surface area contributed by atoms with Gasteiger partial charge in [-0.1, -0.05) is 18.2 Å². The molecule has 0 bridgehead atoms. The van der Waals surface area contributed by atoms with Gasteiger partial charge in [-0.25, -0.2) is 4.98 Å². The second-order valence-electron chi connectivity index (χ2n) is 5.72. The van der Waals surface area contributed by atoms with Crippen LogP contribution in [0.2, 0.25) is 0 Å². The van der Waals surface area contributed by atoms with E-state index in [-0.39, 0.29) is 0 Å². The molecule has 2 N–H and O–H groups in total. The van der Waals surface area contributed by atoms with Crippen LogP contribution < -0.4 is 15.4 Å². The molecule has 0 radical (unpaired) electrons. The van der Waals surface area contributed by atoms with E-state index in [1.54, 1.807) is 0 Å². The van der Waals surface area contributed by atoms with Gasteiger partial charge in [0.1, 0.15) is 18.2 Å². The van der Waals surface area contributed by atoms with Gasteiger partial charge >= 0.3 is 0 Å². The lowest BCUT2D eigenvalue weighted by Gasteiger charge is -2.35. The Balaban J connectivity index is 1.45. The number of piperazine rings is 1. The van der Waals surface area contributed by atoms with E-state index >= 15 is 0 Å². The molecule has 6 heteroatoms. The molecule has 3 rings (SSSR count). The van der Waals surface area contributed by atoms with Gasteiger partial charge in [-0.15, -0.1) is 0 Å². The number of nitrogens with zero attached hydrogens (tertiary/aromatic N) is 4. The van der Waals surface area contributed by atoms with E-state index in [0.29, 0.717) is 12.6 Å². The van der Waals surface area contributed by atoms with Gasteiger partial charge in [0.05, 0.1) is 0 Å². The van der Waals surface area contributed by atoms with Crippen LogP contribution in [0.1, 0.15) is 5.69 Å². The monoisotopic (exact) mass is 313 g/mol. The van der Waals surface area contributed by atoms with Crippen molar-refractivity contribution >= 4 is 11.8 Å². The molecule has 2 aromatic rings. The molecule has 1 aliphatic heterocycles. The summed E-state index contributed by atoms with van der Waals surface area (Å²) in [6, 6.07) is 11.9. The average molecular weight is 313 g/mol. The van der Waals surface area contributed by atoms with Crippen LogP contribution in [-0.4, -0.2) is 54.2 Å². The summed E-state index contributed by atoms with van der Waals surface area (Å²) in [6.07, 6.45) is 0. The van der Waals surface area contributed by atoms with Gasteiger partial charge < -0.3 is 15.4 Å². The Morgan fingerprint density at radius 3 is 2.52 bits per heavy atom. The minimum Gasteiger partial charge on any atom is -0.492 e. The van der Waals surface area contributed by atoms with Gasteiger partial charge in [0, 0.05) is 44.5 Å². The average Bonchev–Trinajstić information content (AvgIpc) is 2.56. The Kier molecular flexibility index (Phi) is 4.92. The first-order chi connectivity index (χ1) is 11.2. The Hall–Kier alpha value is -2.34. The maximum absolute atomic E-state index is 5.76. The molecule has 0 amide bonds. The number of rotatable bonds is 5. The van der Waals surface area contributed by atoms with Crippen molar-refractivity contribution in [3.63, 3.8) is 0 Å². The molecule has 0 unspecified atom stereocenters. The molecule has 2 heterocycles. The minimum absolute atomic E-state index is 0.346. The lowest BCUT2D eigenvalue weighted by Crippen LogP contribution is -2.47. The van der Waals surface area contributed by atoms with Gasteiger partial charge in [0.2, 0.25) is 5.95 Å². The van der Waals surface area contributed by atoms with Crippen LogP contribution in [0, 0.1) is 6.92 Å². The van der Waals surface area contributed by atoms with Crippen molar-refractivity contribution in [2.45, 2.75) is 6.92 Å². The van der Waals surface area contributed by atoms with E-state index in [2.05, 4.69) is 19.8 Å². The summed E-state index contributed by atoms with van der Waals surface area (Å²) in [5.74, 6) is 2.20. The Labute approximate surface area is 136 Å². The normalized spacial score (nSPS) is 15.6. The molecular weight excluding hydrogens is 290 g/mol. The van der Waals surface area contributed by atoms with E-state index in [1.165, 1.54) is 0 Å². The predicted molar refractivity (Wildman–Crippen MR) is 91.8 cm³/mol. The highest BCUT2D eigenvalue weighted by molar-refractivity contribution is 5.43. The molecule has 0 atom stereocenters. The van der Waals surface area contributed by atoms with Gasteiger partial charge in [-0.05, 0) is 19.1 Å². The fourth-order valence-electron chi connectivity index (χ4n) is 2.75. The highest BCUT2D eigenvalue weighted by Gasteiger charge is 2.18. The van der Waals surface area contributed by atoms with Gasteiger partial charge in [-0.3, -0.25) is 4.90 Å². The number of aryl methyl sites for hydroxylation is 1. The second kappa shape index (κ2) is 7.28. The quantitative estimate of drug-likeness (QED) is 0.904. The summed E-state index contributed by atoms with van der Waals surface area (Å²) >= 11 is 0. The number of hydrogen-bond donors (Lipinski definition) is 1. The molecule has 1 saturated heterocycles. The topological polar surface area (TPSA) is 67.5 Å². The lowest BCUT2D eigenvalue weighted by atomic mass is 10.3. The van der Waals surface area contributed by atoms with E-state index in [0.717, 1.165) is 50.0 Å². The van der Waals surface area contributed by atoms with Crippen LogP contribution >= 0.6 is 0 Å². The van der Waals surface area contributed by atoms with Crippen LogP contribution in [0.3, 0.4) is 0 Å². The van der Waals surface area contributed by atoms with Crippen molar-refractivity contribution in [2.75, 3.05) is 50.0 Å². The van der Waals surface area contributed by atoms with Gasteiger partial charge in [0.15, 0.2) is 0 Å². The van der Waals surface area contributed by atoms with Crippen LogP contribution in [0.4, 0.5) is 11.8 Å². The maximum Gasteiger partial charge on any atom is 0.222 e. The van der Waals surface area contributed by atoms with Crippen LogP contribution in [0.25, 0.3) is 0 Å². The fourth-order valence-corrected chi connectivity index (χ4v) is 2.75. The number of nitrogen functional groups attached to an aromatic ring is 1. The van der Waals surface area contributed by atoms with Crippen molar-refractivity contribution in [3.05, 3.63) is 42.1 Å². The highest BCUT2D eigenvalue weighted by atomic mass is 16.5. The summed E-state index contributed by atoms with van der Waals surface area (Å²) < 4.78 is 5.76. The molecule has 1 aromatic heterocycles. The van der Waals surface area contributed by atoms with Crippen molar-refractivity contribution in [1.29, 1.82) is 0 Å². The number of anilines is 2. The molecule has 6 nitrogen and oxygen atoms in total. The third-order valence-electron chi connectivity index (χ3n) is 3.97. The first-order valence-electron chi connectivity index (χ1n) is 7.97. The van der Waals surface area contributed by atoms with E-state index in [1.807, 2.05) is 43.3 Å². The van der Waals surface area contributed by atoms with Gasteiger partial charge in [-0.2, -0.15) is 4.98 Å². The summed E-state index contributed by atoms with van der Waals surface area (Å²) in [7, 11) is 0. The number of nitrogens with two attached hydrogens (primary N) is 1. The zero-order valence-corrected chi connectivity index (χ0v) is 13.5. The van der Waals surface area contributed by atoms with Crippen LogP contribution in [-0.2, 0) is 0 Å². The Morgan fingerprint density at radius 2 is 1.83 bits per heavy atom. The Bertz CT molecular complexity index is 606. The van der Waals surface area contributed by atoms with E-state index in [9.17, 15) is 0 Å². The zero-order chi connectivity index (χ0) is 16.1. The van der Waals surface area contributed by atoms with E-state index in [4.69, 9.17) is 10.5 Å². The predicted octanol–water partition coefficient (Wildman–Crippen LogP) is 1.57. The molecule has 1 aromatic carbocycles. The third-order valence-corrected chi connectivity index (χ3v) is 3.97. The SMILES string of the molecule is Cc1cc(N2CCN(CCOc3ccccc3)CC2)nc(N)n1. The molecule has 23 heavy (non-hydrogen) atoms. The fraction of sp³-hybridized carbons (Fsp3) is 0.412. The third kappa shape index (κ3) is 4.32. The first-order valence-corrected chi connectivity index (χ1v) is 7.97. The maximum atomic E-state index is 5.76. The molecule has 0 saturated carbocycles. The summed E-state index contributed by atoms with van der Waals surface area (Å²) in [6.45, 7) is 7.49. The number of aromatic nitrogens is 2. The first kappa shape index (κ1) is 15.6. The van der Waals surface area contributed by atoms with E-state index < -0.39 is 0 Å². The molecule has 0 spiro atoms. The lowest BCUT2D eigenvalue weighted by molar-refractivity contribution is 0.200. The van der Waals surface area contributed by atoms with Crippen LogP contribution in [0.15, 0.2) is 36.4 Å². The number of para-hydroxylation sites is 1. The zero-order valence-electron chi connectivity index (χ0n) is 13.5.